The molecule has 0 radical (unpaired) electrons. The van der Waals surface area contributed by atoms with Crippen LogP contribution in [0.3, 0.4) is 0 Å². The number of benzene rings is 2. The normalized spacial score (nSPS) is 11.6. The van der Waals surface area contributed by atoms with Gasteiger partial charge in [0.25, 0.3) is 5.91 Å². The number of carbonyl (C=O) groups is 1. The summed E-state index contributed by atoms with van der Waals surface area (Å²) < 4.78 is 23.8. The Morgan fingerprint density at radius 1 is 1.13 bits per heavy atom. The highest BCUT2D eigenvalue weighted by Crippen LogP contribution is 2.31. The second-order valence-corrected chi connectivity index (χ2v) is 7.69. The highest BCUT2D eigenvalue weighted by Gasteiger charge is 2.16. The number of hydrogen-bond acceptors (Lipinski definition) is 4. The smallest absolute Gasteiger partial charge is 0.266 e. The first-order valence-corrected chi connectivity index (χ1v) is 9.15. The van der Waals surface area contributed by atoms with Gasteiger partial charge < -0.3 is 5.32 Å². The summed E-state index contributed by atoms with van der Waals surface area (Å²) >= 11 is 1.41. The van der Waals surface area contributed by atoms with Crippen molar-refractivity contribution in [2.75, 3.05) is 5.32 Å². The molecule has 2 aromatic carbocycles. The molecule has 5 nitrogen and oxygen atoms in total. The molecule has 0 fully saturated rings. The van der Waals surface area contributed by atoms with Gasteiger partial charge in [-0.2, -0.15) is 0 Å². The molecule has 0 saturated carbocycles. The van der Waals surface area contributed by atoms with Gasteiger partial charge in [-0.05, 0) is 42.1 Å². The molecule has 0 atom stereocenters. The molecular weight excluding hydrogens is 332 g/mol. The number of aryl methyl sites for hydroxylation is 1. The number of primary sulfonamides is 1. The van der Waals surface area contributed by atoms with Crippen LogP contribution in [-0.2, 0) is 10.0 Å². The van der Waals surface area contributed by atoms with Gasteiger partial charge in [0.15, 0.2) is 0 Å². The Kier molecular flexibility index (Phi) is 3.93. The molecule has 0 saturated heterocycles. The molecule has 1 aromatic heterocycles. The number of amides is 1. The molecule has 0 aliphatic carbocycles. The number of anilines is 1. The van der Waals surface area contributed by atoms with Gasteiger partial charge in [0, 0.05) is 10.4 Å². The van der Waals surface area contributed by atoms with Crippen LogP contribution in [0.4, 0.5) is 5.69 Å². The van der Waals surface area contributed by atoms with Crippen molar-refractivity contribution in [2.45, 2.75) is 11.8 Å². The maximum absolute atomic E-state index is 12.5. The van der Waals surface area contributed by atoms with Gasteiger partial charge >= 0.3 is 0 Å². The van der Waals surface area contributed by atoms with Crippen LogP contribution in [-0.4, -0.2) is 14.3 Å². The first-order valence-electron chi connectivity index (χ1n) is 6.78. The predicted octanol–water partition coefficient (Wildman–Crippen LogP) is 3.11. The van der Waals surface area contributed by atoms with Crippen LogP contribution < -0.4 is 10.5 Å². The van der Waals surface area contributed by atoms with Crippen molar-refractivity contribution in [3.05, 3.63) is 59.0 Å². The van der Waals surface area contributed by atoms with Gasteiger partial charge in [0.2, 0.25) is 10.0 Å². The Balaban J connectivity index is 1.94. The van der Waals surface area contributed by atoms with Crippen LogP contribution in [0.25, 0.3) is 10.1 Å². The Labute approximate surface area is 137 Å². The zero-order valence-corrected chi connectivity index (χ0v) is 13.9. The number of nitrogens with one attached hydrogen (secondary N) is 1. The second kappa shape index (κ2) is 5.77. The van der Waals surface area contributed by atoms with Crippen molar-refractivity contribution in [3.8, 4) is 0 Å². The summed E-state index contributed by atoms with van der Waals surface area (Å²) in [4.78, 5) is 13.0. The van der Waals surface area contributed by atoms with Crippen molar-refractivity contribution in [2.24, 2.45) is 5.14 Å². The Hall–Kier alpha value is -2.22. The molecule has 1 amide bonds. The van der Waals surface area contributed by atoms with Gasteiger partial charge in [-0.1, -0.05) is 24.3 Å². The number of sulfonamides is 1. The van der Waals surface area contributed by atoms with Crippen LogP contribution in [0.2, 0.25) is 0 Å². The summed E-state index contributed by atoms with van der Waals surface area (Å²) in [5.41, 5.74) is 1.30. The van der Waals surface area contributed by atoms with E-state index in [1.54, 1.807) is 6.07 Å². The summed E-state index contributed by atoms with van der Waals surface area (Å²) in [5.74, 6) is -0.268. The number of nitrogens with two attached hydrogens (primary N) is 1. The summed E-state index contributed by atoms with van der Waals surface area (Å²) in [7, 11) is -3.80. The molecule has 3 N–H and O–H groups in total. The molecular formula is C16H14N2O3S2. The molecule has 0 aliphatic rings. The number of thiophene rings is 1. The van der Waals surface area contributed by atoms with E-state index in [0.29, 0.717) is 10.6 Å². The average Bonchev–Trinajstić information content (AvgIpc) is 2.84. The van der Waals surface area contributed by atoms with Crippen LogP contribution in [0.1, 0.15) is 15.2 Å². The minimum atomic E-state index is -3.80. The van der Waals surface area contributed by atoms with E-state index < -0.39 is 10.0 Å². The van der Waals surface area contributed by atoms with Crippen molar-refractivity contribution < 1.29 is 13.2 Å². The van der Waals surface area contributed by atoms with E-state index in [9.17, 15) is 13.2 Å². The fourth-order valence-electron chi connectivity index (χ4n) is 2.33. The molecule has 7 heteroatoms. The van der Waals surface area contributed by atoms with E-state index in [0.717, 1.165) is 15.6 Å². The molecule has 118 valence electrons. The maximum atomic E-state index is 12.5. The fraction of sp³-hybridized carbons (Fsp3) is 0.0625. The van der Waals surface area contributed by atoms with Gasteiger partial charge in [-0.3, -0.25) is 4.79 Å². The molecule has 1 heterocycles. The monoisotopic (exact) mass is 346 g/mol. The van der Waals surface area contributed by atoms with Crippen LogP contribution in [0.15, 0.2) is 53.4 Å². The quantitative estimate of drug-likeness (QED) is 0.763. The molecule has 0 aliphatic heterocycles. The fourth-order valence-corrected chi connectivity index (χ4v) is 3.99. The van der Waals surface area contributed by atoms with Gasteiger partial charge in [-0.25, -0.2) is 13.6 Å². The van der Waals surface area contributed by atoms with Crippen LogP contribution >= 0.6 is 11.3 Å². The third kappa shape index (κ3) is 3.12. The molecule has 3 aromatic rings. The maximum Gasteiger partial charge on any atom is 0.266 e. The molecule has 0 bridgehead atoms. The lowest BCUT2D eigenvalue weighted by atomic mass is 10.1. The second-order valence-electron chi connectivity index (χ2n) is 5.08. The number of hydrogen-bond donors (Lipinski definition) is 2. The predicted molar refractivity (Wildman–Crippen MR) is 92.3 cm³/mol. The van der Waals surface area contributed by atoms with E-state index in [-0.39, 0.29) is 10.8 Å². The summed E-state index contributed by atoms with van der Waals surface area (Å²) in [6, 6.07) is 13.7. The van der Waals surface area contributed by atoms with E-state index in [4.69, 9.17) is 5.14 Å². The topological polar surface area (TPSA) is 89.3 Å². The Morgan fingerprint density at radius 3 is 2.57 bits per heavy atom. The Bertz CT molecular complexity index is 1010. The summed E-state index contributed by atoms with van der Waals surface area (Å²) in [6.45, 7) is 1.90. The first-order chi connectivity index (χ1) is 10.9. The molecule has 0 unspecified atom stereocenters. The lowest BCUT2D eigenvalue weighted by Gasteiger charge is -2.06. The van der Waals surface area contributed by atoms with E-state index in [1.807, 2.05) is 31.2 Å². The van der Waals surface area contributed by atoms with Crippen LogP contribution in [0.5, 0.6) is 0 Å². The highest BCUT2D eigenvalue weighted by atomic mass is 32.2. The van der Waals surface area contributed by atoms with Crippen molar-refractivity contribution in [3.63, 3.8) is 0 Å². The average molecular weight is 346 g/mol. The lowest BCUT2D eigenvalue weighted by Crippen LogP contribution is -2.14. The SMILES string of the molecule is Cc1c(C(=O)Nc2cccc(S(N)(=O)=O)c2)sc2ccccc12. The molecule has 0 spiro atoms. The standard InChI is InChI=1S/C16H14N2O3S2/c1-10-13-7-2-3-8-14(13)22-15(10)16(19)18-11-5-4-6-12(9-11)23(17,20)21/h2-9H,1H3,(H,18,19)(H2,17,20,21). The minimum absolute atomic E-state index is 0.0386. The van der Waals surface area contributed by atoms with Gasteiger partial charge in [0.05, 0.1) is 9.77 Å². The van der Waals surface area contributed by atoms with Gasteiger partial charge in [-0.15, -0.1) is 11.3 Å². The zero-order valence-electron chi connectivity index (χ0n) is 12.2. The molecule has 3 rings (SSSR count). The van der Waals surface area contributed by atoms with E-state index >= 15 is 0 Å². The number of fused-ring (bicyclic) bond motifs is 1. The first kappa shape index (κ1) is 15.7. The summed E-state index contributed by atoms with van der Waals surface area (Å²) in [5, 5.41) is 8.87. The van der Waals surface area contributed by atoms with E-state index in [2.05, 4.69) is 5.32 Å². The zero-order chi connectivity index (χ0) is 16.6. The van der Waals surface area contributed by atoms with E-state index in [1.165, 1.54) is 29.5 Å². The van der Waals surface area contributed by atoms with Crippen molar-refractivity contribution in [1.82, 2.24) is 0 Å². The molecule has 23 heavy (non-hydrogen) atoms. The third-order valence-electron chi connectivity index (χ3n) is 3.47. The highest BCUT2D eigenvalue weighted by molar-refractivity contribution is 7.89. The van der Waals surface area contributed by atoms with Crippen LogP contribution in [0, 0.1) is 6.92 Å². The number of rotatable bonds is 3. The third-order valence-corrected chi connectivity index (χ3v) is 5.65. The van der Waals surface area contributed by atoms with Gasteiger partial charge in [0.1, 0.15) is 0 Å². The summed E-state index contributed by atoms with van der Waals surface area (Å²) in [6.07, 6.45) is 0. The Morgan fingerprint density at radius 2 is 1.87 bits per heavy atom. The van der Waals surface area contributed by atoms with Crippen molar-refractivity contribution >= 4 is 43.0 Å². The largest absolute Gasteiger partial charge is 0.321 e. The van der Waals surface area contributed by atoms with Crippen molar-refractivity contribution in [1.29, 1.82) is 0 Å². The minimum Gasteiger partial charge on any atom is -0.321 e. The lowest BCUT2D eigenvalue weighted by molar-refractivity contribution is 0.103. The number of carbonyl (C=O) groups excluding carboxylic acids is 1.